The van der Waals surface area contributed by atoms with Gasteiger partial charge in [0.2, 0.25) is 17.0 Å². The maximum atomic E-state index is 12.1. The number of nitrogens with one attached hydrogen (secondary N) is 2. The molecule has 2 heterocycles. The first kappa shape index (κ1) is 18.4. The lowest BCUT2D eigenvalue weighted by atomic mass is 10.2. The van der Waals surface area contributed by atoms with Crippen molar-refractivity contribution in [3.63, 3.8) is 0 Å². The van der Waals surface area contributed by atoms with Crippen LogP contribution in [0.3, 0.4) is 0 Å². The zero-order valence-electron chi connectivity index (χ0n) is 14.2. The summed E-state index contributed by atoms with van der Waals surface area (Å²) < 4.78 is 5.18. The number of carbonyl (C=O) groups excluding carboxylic acids is 1. The topological polar surface area (TPSA) is 110 Å². The number of hydrogen-bond acceptors (Lipinski definition) is 7. The summed E-state index contributed by atoms with van der Waals surface area (Å²) >= 11 is 7.32. The first-order chi connectivity index (χ1) is 12.5. The highest BCUT2D eigenvalue weighted by atomic mass is 35.5. The number of benzene rings is 1. The standard InChI is InChI=1S/C16H17ClN6O2S/c1-9-7-11(17)3-4-12(9)19-14(24)5-6-15-20-13(23-25-15)8-26-16-18-10(2)21-22-16/h3-4,7H,5-6,8H2,1-2H3,(H,19,24)(H,18,21,22). The van der Waals surface area contributed by atoms with Crippen molar-refractivity contribution < 1.29 is 9.32 Å². The molecule has 0 spiro atoms. The molecule has 0 saturated heterocycles. The van der Waals surface area contributed by atoms with Crippen molar-refractivity contribution in [2.45, 2.75) is 37.6 Å². The zero-order chi connectivity index (χ0) is 18.5. The van der Waals surface area contributed by atoms with Gasteiger partial charge in [-0.3, -0.25) is 9.89 Å². The minimum Gasteiger partial charge on any atom is -0.339 e. The largest absolute Gasteiger partial charge is 0.339 e. The van der Waals surface area contributed by atoms with Gasteiger partial charge in [0.15, 0.2) is 5.82 Å². The number of H-pyrrole nitrogens is 1. The van der Waals surface area contributed by atoms with Gasteiger partial charge in [0.05, 0.1) is 5.75 Å². The number of amides is 1. The van der Waals surface area contributed by atoms with Gasteiger partial charge < -0.3 is 9.84 Å². The molecule has 3 rings (SSSR count). The highest BCUT2D eigenvalue weighted by Crippen LogP contribution is 2.20. The average Bonchev–Trinajstić information content (AvgIpc) is 3.22. The van der Waals surface area contributed by atoms with E-state index in [1.165, 1.54) is 11.8 Å². The summed E-state index contributed by atoms with van der Waals surface area (Å²) in [5.74, 6) is 2.09. The molecule has 3 aromatic rings. The molecule has 0 fully saturated rings. The summed E-state index contributed by atoms with van der Waals surface area (Å²) in [6.07, 6.45) is 0.618. The third kappa shape index (κ3) is 5.06. The first-order valence-electron chi connectivity index (χ1n) is 7.89. The zero-order valence-corrected chi connectivity index (χ0v) is 15.8. The lowest BCUT2D eigenvalue weighted by Crippen LogP contribution is -2.13. The van der Waals surface area contributed by atoms with Crippen LogP contribution in [-0.4, -0.2) is 31.2 Å². The Balaban J connectivity index is 1.47. The molecule has 0 unspecified atom stereocenters. The van der Waals surface area contributed by atoms with Gasteiger partial charge in [-0.25, -0.2) is 4.98 Å². The van der Waals surface area contributed by atoms with E-state index in [9.17, 15) is 4.79 Å². The fraction of sp³-hybridized carbons (Fsp3) is 0.312. The summed E-state index contributed by atoms with van der Waals surface area (Å²) in [6.45, 7) is 3.72. The normalized spacial score (nSPS) is 10.9. The third-order valence-electron chi connectivity index (χ3n) is 3.45. The number of hydrogen-bond donors (Lipinski definition) is 2. The monoisotopic (exact) mass is 392 g/mol. The van der Waals surface area contributed by atoms with E-state index in [0.29, 0.717) is 34.1 Å². The molecule has 8 nitrogen and oxygen atoms in total. The minimum atomic E-state index is -0.124. The van der Waals surface area contributed by atoms with Crippen LogP contribution < -0.4 is 5.32 Å². The number of carbonyl (C=O) groups is 1. The second kappa shape index (κ2) is 8.33. The van der Waals surface area contributed by atoms with Gasteiger partial charge in [-0.1, -0.05) is 28.5 Å². The smallest absolute Gasteiger partial charge is 0.227 e. The molecule has 1 amide bonds. The van der Waals surface area contributed by atoms with Crippen molar-refractivity contribution in [2.24, 2.45) is 0 Å². The molecule has 136 valence electrons. The molecule has 0 bridgehead atoms. The van der Waals surface area contributed by atoms with Gasteiger partial charge in [-0.2, -0.15) is 4.98 Å². The van der Waals surface area contributed by atoms with Crippen LogP contribution in [0.25, 0.3) is 0 Å². The number of thioether (sulfide) groups is 1. The summed E-state index contributed by atoms with van der Waals surface area (Å²) in [5.41, 5.74) is 1.65. The van der Waals surface area contributed by atoms with Crippen molar-refractivity contribution >= 4 is 35.0 Å². The van der Waals surface area contributed by atoms with Gasteiger partial charge in [-0.15, -0.1) is 5.10 Å². The highest BCUT2D eigenvalue weighted by Gasteiger charge is 2.11. The molecular formula is C16H17ClN6O2S. The van der Waals surface area contributed by atoms with Crippen molar-refractivity contribution in [2.75, 3.05) is 5.32 Å². The SMILES string of the molecule is Cc1nc(SCc2noc(CCC(=O)Nc3ccc(Cl)cc3C)n2)n[nH]1. The number of halogens is 1. The molecule has 0 aliphatic carbocycles. The maximum Gasteiger partial charge on any atom is 0.227 e. The summed E-state index contributed by atoms with van der Waals surface area (Å²) in [7, 11) is 0. The molecule has 0 atom stereocenters. The summed E-state index contributed by atoms with van der Waals surface area (Å²) in [4.78, 5) is 20.6. The van der Waals surface area contributed by atoms with E-state index in [-0.39, 0.29) is 12.3 Å². The molecule has 0 aliphatic rings. The fourth-order valence-corrected chi connectivity index (χ4v) is 3.08. The first-order valence-corrected chi connectivity index (χ1v) is 9.25. The van der Waals surface area contributed by atoms with Crippen LogP contribution in [0.15, 0.2) is 27.9 Å². The van der Waals surface area contributed by atoms with Crippen molar-refractivity contribution in [1.82, 2.24) is 25.3 Å². The van der Waals surface area contributed by atoms with E-state index in [2.05, 4.69) is 30.6 Å². The summed E-state index contributed by atoms with van der Waals surface area (Å²) in [6, 6.07) is 5.32. The van der Waals surface area contributed by atoms with Gasteiger partial charge in [0.1, 0.15) is 5.82 Å². The highest BCUT2D eigenvalue weighted by molar-refractivity contribution is 7.98. The number of aromatic amines is 1. The Labute approximate surface area is 159 Å². The Morgan fingerprint density at radius 3 is 2.92 bits per heavy atom. The molecule has 1 aromatic carbocycles. The minimum absolute atomic E-state index is 0.124. The Bertz CT molecular complexity index is 910. The van der Waals surface area contributed by atoms with Gasteiger partial charge in [0.25, 0.3) is 0 Å². The van der Waals surface area contributed by atoms with E-state index in [4.69, 9.17) is 16.1 Å². The molecular weight excluding hydrogens is 376 g/mol. The molecule has 0 radical (unpaired) electrons. The van der Waals surface area contributed by atoms with Gasteiger partial charge in [-0.05, 0) is 37.6 Å². The molecule has 0 aliphatic heterocycles. The van der Waals surface area contributed by atoms with Gasteiger partial charge in [0, 0.05) is 23.6 Å². The number of rotatable bonds is 7. The van der Waals surface area contributed by atoms with Crippen LogP contribution in [0.2, 0.25) is 5.02 Å². The Morgan fingerprint density at radius 1 is 1.35 bits per heavy atom. The number of aryl methyl sites for hydroxylation is 3. The number of anilines is 1. The van der Waals surface area contributed by atoms with Gasteiger partial charge >= 0.3 is 0 Å². The van der Waals surface area contributed by atoms with Crippen molar-refractivity contribution in [3.8, 4) is 0 Å². The van der Waals surface area contributed by atoms with Crippen molar-refractivity contribution in [1.29, 1.82) is 0 Å². The van der Waals surface area contributed by atoms with Crippen LogP contribution in [-0.2, 0) is 17.0 Å². The van der Waals surface area contributed by atoms with Crippen molar-refractivity contribution in [3.05, 3.63) is 46.3 Å². The Morgan fingerprint density at radius 2 is 2.19 bits per heavy atom. The maximum absolute atomic E-state index is 12.1. The fourth-order valence-electron chi connectivity index (χ4n) is 2.17. The third-order valence-corrected chi connectivity index (χ3v) is 4.52. The summed E-state index contributed by atoms with van der Waals surface area (Å²) in [5, 5.41) is 14.8. The lowest BCUT2D eigenvalue weighted by molar-refractivity contribution is -0.116. The van der Waals surface area contributed by atoms with Crippen LogP contribution >= 0.6 is 23.4 Å². The molecule has 2 aromatic heterocycles. The van der Waals surface area contributed by atoms with E-state index in [1.54, 1.807) is 18.2 Å². The average molecular weight is 393 g/mol. The van der Waals surface area contributed by atoms with E-state index in [0.717, 1.165) is 17.1 Å². The van der Waals surface area contributed by atoms with Crippen LogP contribution in [0, 0.1) is 13.8 Å². The molecule has 2 N–H and O–H groups in total. The second-order valence-corrected chi connectivity index (χ2v) is 6.98. The van der Waals surface area contributed by atoms with E-state index < -0.39 is 0 Å². The lowest BCUT2D eigenvalue weighted by Gasteiger charge is -2.07. The molecule has 0 saturated carbocycles. The van der Waals surface area contributed by atoms with Crippen LogP contribution in [0.4, 0.5) is 5.69 Å². The molecule has 10 heteroatoms. The number of aromatic nitrogens is 5. The van der Waals surface area contributed by atoms with Crippen LogP contribution in [0.5, 0.6) is 0 Å². The van der Waals surface area contributed by atoms with E-state index in [1.807, 2.05) is 13.8 Å². The predicted octanol–water partition coefficient (Wildman–Crippen LogP) is 3.32. The second-order valence-electron chi connectivity index (χ2n) is 5.60. The van der Waals surface area contributed by atoms with E-state index >= 15 is 0 Å². The Hall–Kier alpha value is -2.39. The molecule has 26 heavy (non-hydrogen) atoms. The van der Waals surface area contributed by atoms with Crippen LogP contribution in [0.1, 0.15) is 29.5 Å². The predicted molar refractivity (Wildman–Crippen MR) is 98.1 cm³/mol. The number of nitrogens with zero attached hydrogens (tertiary/aromatic N) is 4. The quantitative estimate of drug-likeness (QED) is 0.593. The Kier molecular flexibility index (Phi) is 5.89.